The Kier molecular flexibility index (Phi) is 5.57. The normalized spacial score (nSPS) is 19.0. The first kappa shape index (κ1) is 17.3. The van der Waals surface area contributed by atoms with E-state index in [0.717, 1.165) is 12.8 Å². The van der Waals surface area contributed by atoms with E-state index in [1.165, 1.54) is 4.90 Å². The minimum Gasteiger partial charge on any atom is -0.481 e. The number of urea groups is 1. The molecule has 120 valence electrons. The molecule has 7 nitrogen and oxygen atoms in total. The second-order valence-corrected chi connectivity index (χ2v) is 6.26. The van der Waals surface area contributed by atoms with Gasteiger partial charge >= 0.3 is 12.0 Å². The minimum absolute atomic E-state index is 0.0463. The Balaban J connectivity index is 2.58. The zero-order valence-corrected chi connectivity index (χ0v) is 13.2. The number of likely N-dealkylation sites (tertiary alicyclic amines) is 1. The molecule has 0 spiro atoms. The van der Waals surface area contributed by atoms with Crippen molar-refractivity contribution in [2.75, 3.05) is 33.7 Å². The first-order valence-corrected chi connectivity index (χ1v) is 7.12. The summed E-state index contributed by atoms with van der Waals surface area (Å²) in [6.45, 7) is 4.33. The van der Waals surface area contributed by atoms with Crippen LogP contribution in [0.25, 0.3) is 0 Å². The number of carboxylic acids is 1. The van der Waals surface area contributed by atoms with Gasteiger partial charge in [-0.3, -0.25) is 9.59 Å². The first-order chi connectivity index (χ1) is 9.66. The Hall–Kier alpha value is -1.79. The van der Waals surface area contributed by atoms with Crippen LogP contribution in [-0.2, 0) is 9.59 Å². The number of nitrogens with one attached hydrogen (secondary N) is 1. The average molecular weight is 299 g/mol. The van der Waals surface area contributed by atoms with Gasteiger partial charge in [0.25, 0.3) is 0 Å². The van der Waals surface area contributed by atoms with Gasteiger partial charge in [-0.15, -0.1) is 0 Å². The average Bonchev–Trinajstić information content (AvgIpc) is 2.44. The molecule has 1 aliphatic rings. The van der Waals surface area contributed by atoms with E-state index in [0.29, 0.717) is 13.1 Å². The molecule has 1 atom stereocenters. The van der Waals surface area contributed by atoms with E-state index in [9.17, 15) is 19.5 Å². The van der Waals surface area contributed by atoms with Crippen LogP contribution in [0.4, 0.5) is 4.79 Å². The summed E-state index contributed by atoms with van der Waals surface area (Å²) in [6.07, 6.45) is 1.57. The van der Waals surface area contributed by atoms with Gasteiger partial charge in [-0.05, 0) is 32.6 Å². The van der Waals surface area contributed by atoms with Gasteiger partial charge in [0.15, 0.2) is 0 Å². The summed E-state index contributed by atoms with van der Waals surface area (Å²) < 4.78 is 0. The topological polar surface area (TPSA) is 90.0 Å². The fourth-order valence-corrected chi connectivity index (χ4v) is 2.35. The van der Waals surface area contributed by atoms with Crippen LogP contribution in [0.1, 0.15) is 26.7 Å². The number of carboxylic acid groups (broad SMARTS) is 1. The molecular formula is C14H25N3O4. The molecule has 0 radical (unpaired) electrons. The van der Waals surface area contributed by atoms with Crippen molar-refractivity contribution in [1.29, 1.82) is 0 Å². The molecule has 1 unspecified atom stereocenters. The molecule has 0 aliphatic carbocycles. The van der Waals surface area contributed by atoms with Gasteiger partial charge in [0, 0.05) is 27.2 Å². The third-order valence-corrected chi connectivity index (χ3v) is 4.17. The highest BCUT2D eigenvalue weighted by molar-refractivity contribution is 5.83. The van der Waals surface area contributed by atoms with Gasteiger partial charge in [-0.2, -0.15) is 0 Å². The number of piperidine rings is 1. The van der Waals surface area contributed by atoms with Crippen molar-refractivity contribution < 1.29 is 19.5 Å². The molecule has 0 aromatic rings. The number of amides is 3. The summed E-state index contributed by atoms with van der Waals surface area (Å²) in [5, 5.41) is 11.9. The maximum Gasteiger partial charge on any atom is 0.317 e. The second kappa shape index (κ2) is 6.78. The Morgan fingerprint density at radius 3 is 2.48 bits per heavy atom. The minimum atomic E-state index is -0.863. The number of likely N-dealkylation sites (N-methyl/N-ethyl adjacent to an activating group) is 1. The SMILES string of the molecule is CN(C)C(=O)CNC(=O)N1CCCC(C(C)(C)C(=O)O)C1. The van der Waals surface area contributed by atoms with Crippen LogP contribution < -0.4 is 5.32 Å². The smallest absolute Gasteiger partial charge is 0.317 e. The number of rotatable bonds is 4. The lowest BCUT2D eigenvalue weighted by molar-refractivity contribution is -0.151. The third kappa shape index (κ3) is 4.34. The van der Waals surface area contributed by atoms with E-state index in [2.05, 4.69) is 5.32 Å². The van der Waals surface area contributed by atoms with Crippen LogP contribution in [0.15, 0.2) is 0 Å². The lowest BCUT2D eigenvalue weighted by Crippen LogP contribution is -2.51. The van der Waals surface area contributed by atoms with Crippen molar-refractivity contribution in [3.05, 3.63) is 0 Å². The zero-order chi connectivity index (χ0) is 16.2. The van der Waals surface area contributed by atoms with E-state index in [4.69, 9.17) is 0 Å². The Labute approximate surface area is 125 Å². The maximum atomic E-state index is 12.1. The maximum absolute atomic E-state index is 12.1. The third-order valence-electron chi connectivity index (χ3n) is 4.17. The molecule has 2 N–H and O–H groups in total. The van der Waals surface area contributed by atoms with E-state index in [-0.39, 0.29) is 24.4 Å². The van der Waals surface area contributed by atoms with E-state index in [1.807, 2.05) is 0 Å². The number of aliphatic carboxylic acids is 1. The Bertz CT molecular complexity index is 420. The second-order valence-electron chi connectivity index (χ2n) is 6.26. The molecule has 0 bridgehead atoms. The van der Waals surface area contributed by atoms with Gasteiger partial charge in [0.1, 0.15) is 0 Å². The van der Waals surface area contributed by atoms with Crippen molar-refractivity contribution in [1.82, 2.24) is 15.1 Å². The molecular weight excluding hydrogens is 274 g/mol. The molecule has 1 aliphatic heterocycles. The molecule has 0 aromatic heterocycles. The van der Waals surface area contributed by atoms with Gasteiger partial charge in [-0.25, -0.2) is 4.79 Å². The molecule has 1 saturated heterocycles. The summed E-state index contributed by atoms with van der Waals surface area (Å²) in [4.78, 5) is 37.8. The van der Waals surface area contributed by atoms with Gasteiger partial charge in [0.05, 0.1) is 12.0 Å². The lowest BCUT2D eigenvalue weighted by atomic mass is 9.74. The van der Waals surface area contributed by atoms with Crippen LogP contribution in [0, 0.1) is 11.3 Å². The lowest BCUT2D eigenvalue weighted by Gasteiger charge is -2.39. The van der Waals surface area contributed by atoms with Crippen LogP contribution in [0.3, 0.4) is 0 Å². The summed E-state index contributed by atoms with van der Waals surface area (Å²) >= 11 is 0. The molecule has 0 saturated carbocycles. The highest BCUT2D eigenvalue weighted by atomic mass is 16.4. The van der Waals surface area contributed by atoms with Crippen LogP contribution >= 0.6 is 0 Å². The van der Waals surface area contributed by atoms with E-state index in [1.54, 1.807) is 32.8 Å². The molecule has 1 heterocycles. The van der Waals surface area contributed by atoms with Crippen molar-refractivity contribution in [2.24, 2.45) is 11.3 Å². The monoisotopic (exact) mass is 299 g/mol. The zero-order valence-electron chi connectivity index (χ0n) is 13.2. The Morgan fingerprint density at radius 1 is 1.33 bits per heavy atom. The largest absolute Gasteiger partial charge is 0.481 e. The molecule has 7 heteroatoms. The number of hydrogen-bond acceptors (Lipinski definition) is 3. The molecule has 1 fully saturated rings. The number of nitrogens with zero attached hydrogens (tertiary/aromatic N) is 2. The molecule has 1 rings (SSSR count). The van der Waals surface area contributed by atoms with Crippen molar-refractivity contribution in [2.45, 2.75) is 26.7 Å². The number of carbonyl (C=O) groups is 3. The van der Waals surface area contributed by atoms with Crippen LogP contribution in [0.2, 0.25) is 0 Å². The van der Waals surface area contributed by atoms with Crippen molar-refractivity contribution >= 4 is 17.9 Å². The summed E-state index contributed by atoms with van der Waals surface area (Å²) in [7, 11) is 3.25. The van der Waals surface area contributed by atoms with Crippen LogP contribution in [-0.4, -0.2) is 66.5 Å². The number of hydrogen-bond donors (Lipinski definition) is 2. The standard InChI is InChI=1S/C14H25N3O4/c1-14(2,12(19)20)10-6-5-7-17(9-10)13(21)15-8-11(18)16(3)4/h10H,5-9H2,1-4H3,(H,15,21)(H,19,20). The fraction of sp³-hybridized carbons (Fsp3) is 0.786. The molecule has 3 amide bonds. The predicted molar refractivity (Wildman–Crippen MR) is 77.8 cm³/mol. The van der Waals surface area contributed by atoms with Gasteiger partial charge in [-0.1, -0.05) is 0 Å². The highest BCUT2D eigenvalue weighted by Gasteiger charge is 2.40. The summed E-state index contributed by atoms with van der Waals surface area (Å²) in [6, 6.07) is -0.309. The predicted octanol–water partition coefficient (Wildman–Crippen LogP) is 0.607. The van der Waals surface area contributed by atoms with Crippen molar-refractivity contribution in [3.8, 4) is 0 Å². The first-order valence-electron chi connectivity index (χ1n) is 7.12. The quantitative estimate of drug-likeness (QED) is 0.795. The highest BCUT2D eigenvalue weighted by Crippen LogP contribution is 2.34. The van der Waals surface area contributed by atoms with E-state index >= 15 is 0 Å². The van der Waals surface area contributed by atoms with Gasteiger partial charge < -0.3 is 20.2 Å². The molecule has 0 aromatic carbocycles. The van der Waals surface area contributed by atoms with Crippen molar-refractivity contribution in [3.63, 3.8) is 0 Å². The molecule has 21 heavy (non-hydrogen) atoms. The van der Waals surface area contributed by atoms with Gasteiger partial charge in [0.2, 0.25) is 5.91 Å². The summed E-state index contributed by atoms with van der Waals surface area (Å²) in [5.41, 5.74) is -0.863. The van der Waals surface area contributed by atoms with Crippen LogP contribution in [0.5, 0.6) is 0 Å². The fourth-order valence-electron chi connectivity index (χ4n) is 2.35. The van der Waals surface area contributed by atoms with E-state index < -0.39 is 11.4 Å². The Morgan fingerprint density at radius 2 is 1.95 bits per heavy atom. The summed E-state index contributed by atoms with van der Waals surface area (Å²) in [5.74, 6) is -1.11. The number of carbonyl (C=O) groups excluding carboxylic acids is 2.